The molecule has 0 atom stereocenters. The smallest absolute Gasteiger partial charge is 0.307 e. The average molecular weight is 386 g/mol. The van der Waals surface area contributed by atoms with Crippen LogP contribution in [0.1, 0.15) is 16.8 Å². The molecule has 0 fully saturated rings. The van der Waals surface area contributed by atoms with Gasteiger partial charge in [-0.1, -0.05) is 66.7 Å². The van der Waals surface area contributed by atoms with Crippen molar-refractivity contribution in [3.05, 3.63) is 102 Å². The third-order valence-electron chi connectivity index (χ3n) is 3.89. The molecule has 1 aromatic heterocycles. The Hall–Kier alpha value is -2.69. The molecule has 1 heterocycles. The molecule has 0 radical (unpaired) electrons. The Morgan fingerprint density at radius 2 is 1.30 bits per heavy atom. The first-order valence-electron chi connectivity index (χ1n) is 8.50. The van der Waals surface area contributed by atoms with Crippen molar-refractivity contribution in [2.75, 3.05) is 0 Å². The molecule has 4 nitrogen and oxygen atoms in total. The van der Waals surface area contributed by atoms with Gasteiger partial charge in [-0.25, -0.2) is 0 Å². The predicted octanol–water partition coefficient (Wildman–Crippen LogP) is 4.17. The summed E-state index contributed by atoms with van der Waals surface area (Å²) in [5.41, 5.74) is 2.86. The second kappa shape index (κ2) is 12.6. The number of pyridine rings is 1. The van der Waals surface area contributed by atoms with Crippen molar-refractivity contribution in [3.8, 4) is 0 Å². The van der Waals surface area contributed by atoms with Crippen molar-refractivity contribution in [2.45, 2.75) is 19.4 Å². The van der Waals surface area contributed by atoms with Crippen molar-refractivity contribution >= 4 is 18.4 Å². The van der Waals surface area contributed by atoms with Gasteiger partial charge in [0.15, 0.2) is 0 Å². The SMILES string of the molecule is Cl.O=C(O)C(Cc1ccccc1)Cc1ccccc1.OCc1ccccn1. The Bertz CT molecular complexity index is 726. The van der Waals surface area contributed by atoms with E-state index in [2.05, 4.69) is 4.98 Å². The van der Waals surface area contributed by atoms with Gasteiger partial charge in [-0.05, 0) is 36.1 Å². The summed E-state index contributed by atoms with van der Waals surface area (Å²) in [5.74, 6) is -1.10. The van der Waals surface area contributed by atoms with E-state index in [1.807, 2.05) is 72.8 Å². The van der Waals surface area contributed by atoms with Crippen LogP contribution in [0.3, 0.4) is 0 Å². The van der Waals surface area contributed by atoms with Crippen molar-refractivity contribution in [3.63, 3.8) is 0 Å². The molecule has 2 N–H and O–H groups in total. The summed E-state index contributed by atoms with van der Waals surface area (Å²) in [7, 11) is 0. The molecule has 5 heteroatoms. The Balaban J connectivity index is 0.000000342. The minimum Gasteiger partial charge on any atom is -0.481 e. The zero-order valence-corrected chi connectivity index (χ0v) is 15.8. The van der Waals surface area contributed by atoms with E-state index in [1.165, 1.54) is 0 Å². The van der Waals surface area contributed by atoms with E-state index in [9.17, 15) is 9.90 Å². The lowest BCUT2D eigenvalue weighted by Gasteiger charge is -2.12. The summed E-state index contributed by atoms with van der Waals surface area (Å²) in [6, 6.07) is 25.0. The van der Waals surface area contributed by atoms with Gasteiger partial charge < -0.3 is 10.2 Å². The summed E-state index contributed by atoms with van der Waals surface area (Å²) in [4.78, 5) is 15.2. The molecule has 27 heavy (non-hydrogen) atoms. The van der Waals surface area contributed by atoms with Crippen LogP contribution in [-0.4, -0.2) is 21.2 Å². The van der Waals surface area contributed by atoms with Gasteiger partial charge in [-0.15, -0.1) is 12.4 Å². The summed E-state index contributed by atoms with van der Waals surface area (Å²) >= 11 is 0. The third kappa shape index (κ3) is 8.49. The first kappa shape index (κ1) is 22.4. The van der Waals surface area contributed by atoms with Crippen LogP contribution in [0.25, 0.3) is 0 Å². The maximum atomic E-state index is 11.3. The van der Waals surface area contributed by atoms with Crippen molar-refractivity contribution in [1.29, 1.82) is 0 Å². The molecule has 2 aromatic carbocycles. The number of hydrogen-bond acceptors (Lipinski definition) is 3. The van der Waals surface area contributed by atoms with Gasteiger partial charge in [0.1, 0.15) is 0 Å². The van der Waals surface area contributed by atoms with Crippen molar-refractivity contribution < 1.29 is 15.0 Å². The van der Waals surface area contributed by atoms with E-state index in [0.717, 1.165) is 11.1 Å². The Kier molecular flexibility index (Phi) is 10.5. The molecule has 3 aromatic rings. The largest absolute Gasteiger partial charge is 0.481 e. The van der Waals surface area contributed by atoms with E-state index >= 15 is 0 Å². The number of halogens is 1. The minimum atomic E-state index is -0.734. The fourth-order valence-electron chi connectivity index (χ4n) is 2.54. The fourth-order valence-corrected chi connectivity index (χ4v) is 2.54. The Morgan fingerprint density at radius 3 is 1.63 bits per heavy atom. The lowest BCUT2D eigenvalue weighted by Crippen LogP contribution is -2.19. The van der Waals surface area contributed by atoms with Gasteiger partial charge in [0.2, 0.25) is 0 Å². The van der Waals surface area contributed by atoms with Crippen LogP contribution in [0.4, 0.5) is 0 Å². The van der Waals surface area contributed by atoms with E-state index in [4.69, 9.17) is 5.11 Å². The van der Waals surface area contributed by atoms with E-state index in [-0.39, 0.29) is 24.9 Å². The van der Waals surface area contributed by atoms with Crippen LogP contribution in [-0.2, 0) is 24.2 Å². The molecule has 0 saturated heterocycles. The number of aliphatic hydroxyl groups is 1. The minimum absolute atomic E-state index is 0. The summed E-state index contributed by atoms with van der Waals surface area (Å²) < 4.78 is 0. The van der Waals surface area contributed by atoms with Crippen LogP contribution in [0.2, 0.25) is 0 Å². The van der Waals surface area contributed by atoms with Crippen LogP contribution in [0.15, 0.2) is 85.1 Å². The Labute approximate surface area is 165 Å². The van der Waals surface area contributed by atoms with Crippen LogP contribution >= 0.6 is 12.4 Å². The standard InChI is InChI=1S/C16H16O2.C6H7NO.ClH/c17-16(18)15(11-13-7-3-1-4-8-13)12-14-9-5-2-6-10-14;8-5-6-3-1-2-4-7-6;/h1-10,15H,11-12H2,(H,17,18);1-4,8H,5H2;1H. The second-order valence-corrected chi connectivity index (χ2v) is 5.89. The normalized spacial score (nSPS) is 9.70. The number of carbonyl (C=O) groups is 1. The molecule has 0 aliphatic heterocycles. The molecular weight excluding hydrogens is 362 g/mol. The van der Waals surface area contributed by atoms with E-state index in [0.29, 0.717) is 18.5 Å². The van der Waals surface area contributed by atoms with E-state index in [1.54, 1.807) is 12.3 Å². The number of aliphatic carboxylic acids is 1. The van der Waals surface area contributed by atoms with Crippen LogP contribution in [0, 0.1) is 5.92 Å². The zero-order chi connectivity index (χ0) is 18.6. The average Bonchev–Trinajstić information content (AvgIpc) is 2.70. The second-order valence-electron chi connectivity index (χ2n) is 5.89. The highest BCUT2D eigenvalue weighted by Crippen LogP contribution is 2.15. The van der Waals surface area contributed by atoms with Gasteiger partial charge in [0, 0.05) is 6.20 Å². The highest BCUT2D eigenvalue weighted by Gasteiger charge is 2.18. The third-order valence-corrected chi connectivity index (χ3v) is 3.89. The van der Waals surface area contributed by atoms with Gasteiger partial charge in [0.05, 0.1) is 18.2 Å². The quantitative estimate of drug-likeness (QED) is 0.668. The van der Waals surface area contributed by atoms with Gasteiger partial charge in [0.25, 0.3) is 0 Å². The number of hydrogen-bond donors (Lipinski definition) is 2. The molecule has 3 rings (SSSR count). The molecule has 0 bridgehead atoms. The maximum absolute atomic E-state index is 11.3. The highest BCUT2D eigenvalue weighted by atomic mass is 35.5. The molecule has 0 saturated carbocycles. The van der Waals surface area contributed by atoms with Crippen LogP contribution < -0.4 is 0 Å². The van der Waals surface area contributed by atoms with Gasteiger partial charge >= 0.3 is 5.97 Å². The van der Waals surface area contributed by atoms with Gasteiger partial charge in [-0.2, -0.15) is 0 Å². The molecule has 0 aliphatic rings. The lowest BCUT2D eigenvalue weighted by atomic mass is 9.93. The first-order valence-corrected chi connectivity index (χ1v) is 8.50. The summed E-state index contributed by atoms with van der Waals surface area (Å²) in [6.45, 7) is 0.0286. The number of nitrogens with zero attached hydrogens (tertiary/aromatic N) is 1. The zero-order valence-electron chi connectivity index (χ0n) is 14.9. The maximum Gasteiger partial charge on any atom is 0.307 e. The molecule has 0 unspecified atom stereocenters. The summed E-state index contributed by atoms with van der Waals surface area (Å²) in [6.07, 6.45) is 2.81. The van der Waals surface area contributed by atoms with Crippen LogP contribution in [0.5, 0.6) is 0 Å². The van der Waals surface area contributed by atoms with Gasteiger partial charge in [-0.3, -0.25) is 9.78 Å². The number of rotatable bonds is 6. The number of carboxylic acid groups (broad SMARTS) is 1. The molecular formula is C22H24ClNO3. The summed E-state index contributed by atoms with van der Waals surface area (Å²) in [5, 5.41) is 17.8. The molecule has 0 amide bonds. The molecule has 142 valence electrons. The number of benzene rings is 2. The fraction of sp³-hybridized carbons (Fsp3) is 0.182. The Morgan fingerprint density at radius 1 is 0.815 bits per heavy atom. The number of aromatic nitrogens is 1. The van der Waals surface area contributed by atoms with Crippen molar-refractivity contribution in [1.82, 2.24) is 4.98 Å². The molecule has 0 aliphatic carbocycles. The van der Waals surface area contributed by atoms with Crippen molar-refractivity contribution in [2.24, 2.45) is 5.92 Å². The number of aliphatic hydroxyl groups excluding tert-OH is 1. The topological polar surface area (TPSA) is 70.4 Å². The van der Waals surface area contributed by atoms with E-state index < -0.39 is 5.97 Å². The lowest BCUT2D eigenvalue weighted by molar-refractivity contribution is -0.141. The first-order chi connectivity index (χ1) is 12.7. The highest BCUT2D eigenvalue weighted by molar-refractivity contribution is 5.85. The predicted molar refractivity (Wildman–Crippen MR) is 109 cm³/mol. The molecule has 0 spiro atoms. The number of carboxylic acids is 1. The monoisotopic (exact) mass is 385 g/mol.